The molecule has 150 valence electrons. The highest BCUT2D eigenvalue weighted by Crippen LogP contribution is 2.33. The Kier molecular flexibility index (Phi) is 5.92. The van der Waals surface area contributed by atoms with Crippen molar-refractivity contribution >= 4 is 5.82 Å². The lowest BCUT2D eigenvalue weighted by molar-refractivity contribution is 0.122. The van der Waals surface area contributed by atoms with Gasteiger partial charge in [-0.3, -0.25) is 4.98 Å². The molecule has 0 radical (unpaired) electrons. The van der Waals surface area contributed by atoms with Crippen molar-refractivity contribution in [2.45, 2.75) is 6.42 Å². The average Bonchev–Trinajstić information content (AvgIpc) is 2.76. The molecule has 7 nitrogen and oxygen atoms in total. The summed E-state index contributed by atoms with van der Waals surface area (Å²) in [5.41, 5.74) is 8.02. The summed E-state index contributed by atoms with van der Waals surface area (Å²) in [6.45, 7) is 3.33. The molecule has 2 aromatic heterocycles. The van der Waals surface area contributed by atoms with Crippen molar-refractivity contribution in [1.29, 1.82) is 0 Å². The van der Waals surface area contributed by atoms with Crippen LogP contribution in [0.5, 0.6) is 11.5 Å². The van der Waals surface area contributed by atoms with Crippen LogP contribution in [0.2, 0.25) is 0 Å². The Morgan fingerprint density at radius 2 is 1.97 bits per heavy atom. The topological polar surface area (TPSA) is 86.4 Å². The number of aromatic nitrogens is 3. The standard InChI is InChI=1S/C21H22FN5O2/c22-16-2-3-18(19-4-1-15(5-6-23)13-24-19)20(11-16)29-17-12-21(26-25-14-17)27-7-9-28-10-8-27/h1-4,11-14H,5-10,23H2. The van der Waals surface area contributed by atoms with Crippen LogP contribution in [0.3, 0.4) is 0 Å². The highest BCUT2D eigenvalue weighted by molar-refractivity contribution is 5.68. The fourth-order valence-electron chi connectivity index (χ4n) is 3.16. The van der Waals surface area contributed by atoms with Crippen LogP contribution in [-0.2, 0) is 11.2 Å². The van der Waals surface area contributed by atoms with Gasteiger partial charge in [0.15, 0.2) is 11.6 Å². The van der Waals surface area contributed by atoms with Crippen LogP contribution in [0.4, 0.5) is 10.2 Å². The molecule has 0 unspecified atom stereocenters. The zero-order valence-electron chi connectivity index (χ0n) is 15.9. The molecule has 29 heavy (non-hydrogen) atoms. The lowest BCUT2D eigenvalue weighted by atomic mass is 10.1. The summed E-state index contributed by atoms with van der Waals surface area (Å²) in [7, 11) is 0. The molecule has 0 bridgehead atoms. The number of benzene rings is 1. The minimum Gasteiger partial charge on any atom is -0.455 e. The maximum Gasteiger partial charge on any atom is 0.155 e. The Bertz CT molecular complexity index is 962. The Labute approximate surface area is 168 Å². The Hall–Kier alpha value is -3.10. The highest BCUT2D eigenvalue weighted by atomic mass is 19.1. The van der Waals surface area contributed by atoms with Gasteiger partial charge in [-0.05, 0) is 36.7 Å². The van der Waals surface area contributed by atoms with Gasteiger partial charge in [0.2, 0.25) is 0 Å². The molecular weight excluding hydrogens is 373 g/mol. The van der Waals surface area contributed by atoms with Crippen LogP contribution in [-0.4, -0.2) is 48.0 Å². The summed E-state index contributed by atoms with van der Waals surface area (Å²) in [5, 5.41) is 8.21. The average molecular weight is 395 g/mol. The van der Waals surface area contributed by atoms with Gasteiger partial charge in [0, 0.05) is 37.0 Å². The third kappa shape index (κ3) is 4.67. The maximum absolute atomic E-state index is 13.9. The first kappa shape index (κ1) is 19.2. The van der Waals surface area contributed by atoms with Gasteiger partial charge in [-0.1, -0.05) is 6.07 Å². The van der Waals surface area contributed by atoms with E-state index < -0.39 is 0 Å². The van der Waals surface area contributed by atoms with E-state index in [-0.39, 0.29) is 5.82 Å². The van der Waals surface area contributed by atoms with E-state index in [0.29, 0.717) is 48.3 Å². The number of anilines is 1. The van der Waals surface area contributed by atoms with Crippen LogP contribution in [0.25, 0.3) is 11.3 Å². The number of hydrogen-bond acceptors (Lipinski definition) is 7. The van der Waals surface area contributed by atoms with Crippen LogP contribution < -0.4 is 15.4 Å². The van der Waals surface area contributed by atoms with Crippen LogP contribution in [0, 0.1) is 5.82 Å². The second kappa shape index (κ2) is 8.93. The molecule has 3 aromatic rings. The van der Waals surface area contributed by atoms with Crippen LogP contribution in [0.15, 0.2) is 48.8 Å². The molecule has 0 atom stereocenters. The molecule has 0 spiro atoms. The maximum atomic E-state index is 13.9. The molecule has 2 N–H and O–H groups in total. The van der Waals surface area contributed by atoms with E-state index in [4.69, 9.17) is 15.2 Å². The summed E-state index contributed by atoms with van der Waals surface area (Å²) in [5.74, 6) is 1.16. The van der Waals surface area contributed by atoms with E-state index in [9.17, 15) is 4.39 Å². The van der Waals surface area contributed by atoms with Crippen molar-refractivity contribution in [3.63, 3.8) is 0 Å². The first-order valence-electron chi connectivity index (χ1n) is 9.51. The van der Waals surface area contributed by atoms with E-state index in [2.05, 4.69) is 20.1 Å². The number of hydrogen-bond donors (Lipinski definition) is 1. The van der Waals surface area contributed by atoms with E-state index in [1.807, 2.05) is 12.1 Å². The molecule has 8 heteroatoms. The van der Waals surface area contributed by atoms with Crippen molar-refractivity contribution < 1.29 is 13.9 Å². The number of ether oxygens (including phenoxy) is 2. The van der Waals surface area contributed by atoms with Gasteiger partial charge in [-0.15, -0.1) is 5.10 Å². The molecule has 4 rings (SSSR count). The van der Waals surface area contributed by atoms with Crippen molar-refractivity contribution in [3.05, 3.63) is 60.2 Å². The zero-order valence-corrected chi connectivity index (χ0v) is 15.9. The molecule has 1 fully saturated rings. The largest absolute Gasteiger partial charge is 0.455 e. The minimum absolute atomic E-state index is 0.366. The van der Waals surface area contributed by atoms with E-state index in [1.165, 1.54) is 18.3 Å². The fourth-order valence-corrected chi connectivity index (χ4v) is 3.16. The third-order valence-electron chi connectivity index (χ3n) is 4.66. The predicted octanol–water partition coefficient (Wildman–Crippen LogP) is 2.81. The van der Waals surface area contributed by atoms with Crippen LogP contribution in [0.1, 0.15) is 5.56 Å². The lowest BCUT2D eigenvalue weighted by Crippen LogP contribution is -2.36. The molecule has 0 saturated carbocycles. The van der Waals surface area contributed by atoms with E-state index >= 15 is 0 Å². The monoisotopic (exact) mass is 395 g/mol. The smallest absolute Gasteiger partial charge is 0.155 e. The first-order chi connectivity index (χ1) is 14.2. The SMILES string of the molecule is NCCc1ccc(-c2ccc(F)cc2Oc2cnnc(N3CCOCC3)c2)nc1. The number of halogens is 1. The molecule has 0 aliphatic carbocycles. The van der Waals surface area contributed by atoms with Gasteiger partial charge in [0.05, 0.1) is 25.1 Å². The second-order valence-electron chi connectivity index (χ2n) is 6.68. The number of morpholine rings is 1. The highest BCUT2D eigenvalue weighted by Gasteiger charge is 2.15. The predicted molar refractivity (Wildman–Crippen MR) is 108 cm³/mol. The van der Waals surface area contributed by atoms with Crippen molar-refractivity contribution in [1.82, 2.24) is 15.2 Å². The second-order valence-corrected chi connectivity index (χ2v) is 6.68. The molecule has 1 aliphatic heterocycles. The van der Waals surface area contributed by atoms with Gasteiger partial charge in [-0.25, -0.2) is 4.39 Å². The minimum atomic E-state index is -0.390. The van der Waals surface area contributed by atoms with Gasteiger partial charge in [0.1, 0.15) is 11.6 Å². The van der Waals surface area contributed by atoms with Crippen molar-refractivity contribution in [2.24, 2.45) is 5.73 Å². The number of rotatable bonds is 6. The van der Waals surface area contributed by atoms with E-state index in [0.717, 1.165) is 25.1 Å². The van der Waals surface area contributed by atoms with Crippen molar-refractivity contribution in [3.8, 4) is 22.8 Å². The molecule has 1 aromatic carbocycles. The summed E-state index contributed by atoms with van der Waals surface area (Å²) in [6.07, 6.45) is 4.04. The summed E-state index contributed by atoms with van der Waals surface area (Å²) >= 11 is 0. The van der Waals surface area contributed by atoms with Crippen molar-refractivity contribution in [2.75, 3.05) is 37.7 Å². The fraction of sp³-hybridized carbons (Fsp3) is 0.286. The summed E-state index contributed by atoms with van der Waals surface area (Å²) in [4.78, 5) is 6.56. The molecule has 1 saturated heterocycles. The molecular formula is C21H22FN5O2. The third-order valence-corrected chi connectivity index (χ3v) is 4.66. The number of nitrogens with zero attached hydrogens (tertiary/aromatic N) is 4. The Morgan fingerprint density at radius 3 is 2.72 bits per heavy atom. The summed E-state index contributed by atoms with van der Waals surface area (Å²) in [6, 6.07) is 10.0. The zero-order chi connectivity index (χ0) is 20.1. The molecule has 0 amide bonds. The van der Waals surface area contributed by atoms with E-state index in [1.54, 1.807) is 18.3 Å². The molecule has 1 aliphatic rings. The Balaban J connectivity index is 1.61. The normalized spacial score (nSPS) is 14.1. The Morgan fingerprint density at radius 1 is 1.10 bits per heavy atom. The first-order valence-corrected chi connectivity index (χ1v) is 9.51. The lowest BCUT2D eigenvalue weighted by Gasteiger charge is -2.27. The number of pyridine rings is 1. The van der Waals surface area contributed by atoms with Gasteiger partial charge in [0.25, 0.3) is 0 Å². The molecule has 3 heterocycles. The van der Waals surface area contributed by atoms with Crippen LogP contribution >= 0.6 is 0 Å². The summed E-state index contributed by atoms with van der Waals surface area (Å²) < 4.78 is 25.3. The van der Waals surface area contributed by atoms with Gasteiger partial charge in [-0.2, -0.15) is 5.10 Å². The number of nitrogens with two attached hydrogens (primary N) is 1. The quantitative estimate of drug-likeness (QED) is 0.687. The van der Waals surface area contributed by atoms with Gasteiger partial charge < -0.3 is 20.1 Å². The van der Waals surface area contributed by atoms with Gasteiger partial charge >= 0.3 is 0 Å².